The molecular weight excluding hydrogens is 543 g/mol. The third-order valence-corrected chi connectivity index (χ3v) is 4.79. The first-order valence-electron chi connectivity index (χ1n) is 10.2. The first kappa shape index (κ1) is 28.0. The van der Waals surface area contributed by atoms with Gasteiger partial charge < -0.3 is 25.4 Å². The summed E-state index contributed by atoms with van der Waals surface area (Å²) in [5.74, 6) is 1.29. The van der Waals surface area contributed by atoms with Crippen LogP contribution in [0.2, 0.25) is 5.02 Å². The smallest absolute Gasteiger partial charge is 0.252 e. The zero-order chi connectivity index (χ0) is 22.5. The molecule has 1 amide bonds. The average molecular weight is 575 g/mol. The Morgan fingerprint density at radius 3 is 2.53 bits per heavy atom. The SMILES string of the molecule is CN=C(NCCNC(=O)c1ccccc1Cl)NCc1ccc(C)cc1OCCCOC.I. The molecule has 0 saturated carbocycles. The number of aryl methyl sites for hydroxylation is 1. The number of amides is 1. The van der Waals surface area contributed by atoms with Crippen LogP contribution in [0.3, 0.4) is 0 Å². The summed E-state index contributed by atoms with van der Waals surface area (Å²) in [6, 6.07) is 13.1. The Kier molecular flexibility index (Phi) is 13.7. The molecule has 0 heterocycles. The van der Waals surface area contributed by atoms with E-state index in [1.54, 1.807) is 38.4 Å². The maximum absolute atomic E-state index is 12.2. The van der Waals surface area contributed by atoms with Crippen LogP contribution >= 0.6 is 35.6 Å². The molecule has 2 aromatic rings. The highest BCUT2D eigenvalue weighted by molar-refractivity contribution is 14.0. The van der Waals surface area contributed by atoms with Gasteiger partial charge in [-0.15, -0.1) is 24.0 Å². The summed E-state index contributed by atoms with van der Waals surface area (Å²) in [5.41, 5.74) is 2.64. The Balaban J connectivity index is 0.00000512. The third-order valence-electron chi connectivity index (χ3n) is 4.46. The van der Waals surface area contributed by atoms with Crippen molar-refractivity contribution in [3.8, 4) is 5.75 Å². The number of guanidine groups is 1. The predicted octanol–water partition coefficient (Wildman–Crippen LogP) is 3.78. The van der Waals surface area contributed by atoms with E-state index < -0.39 is 0 Å². The molecule has 0 spiro atoms. The van der Waals surface area contributed by atoms with Crippen molar-refractivity contribution in [1.29, 1.82) is 0 Å². The fourth-order valence-corrected chi connectivity index (χ4v) is 3.05. The van der Waals surface area contributed by atoms with Gasteiger partial charge in [-0.2, -0.15) is 0 Å². The molecule has 176 valence electrons. The van der Waals surface area contributed by atoms with Gasteiger partial charge in [-0.25, -0.2) is 0 Å². The number of nitrogens with one attached hydrogen (secondary N) is 3. The first-order chi connectivity index (χ1) is 15.0. The normalized spacial score (nSPS) is 10.8. The van der Waals surface area contributed by atoms with Crippen molar-refractivity contribution >= 4 is 47.4 Å². The van der Waals surface area contributed by atoms with Gasteiger partial charge in [0.1, 0.15) is 5.75 Å². The molecule has 0 aromatic heterocycles. The molecule has 0 aliphatic heterocycles. The fourth-order valence-electron chi connectivity index (χ4n) is 2.82. The van der Waals surface area contributed by atoms with Gasteiger partial charge in [0.05, 0.1) is 17.2 Å². The van der Waals surface area contributed by atoms with E-state index in [9.17, 15) is 4.79 Å². The highest BCUT2D eigenvalue weighted by Gasteiger charge is 2.09. The molecule has 0 atom stereocenters. The van der Waals surface area contributed by atoms with E-state index in [1.807, 2.05) is 19.1 Å². The van der Waals surface area contributed by atoms with E-state index in [-0.39, 0.29) is 29.9 Å². The molecule has 0 saturated heterocycles. The lowest BCUT2D eigenvalue weighted by atomic mass is 10.1. The predicted molar refractivity (Wildman–Crippen MR) is 141 cm³/mol. The molecule has 0 bridgehead atoms. The average Bonchev–Trinajstić information content (AvgIpc) is 2.77. The monoisotopic (exact) mass is 574 g/mol. The van der Waals surface area contributed by atoms with Crippen molar-refractivity contribution in [2.75, 3.05) is 40.5 Å². The molecule has 3 N–H and O–H groups in total. The van der Waals surface area contributed by atoms with E-state index in [1.165, 1.54) is 0 Å². The van der Waals surface area contributed by atoms with Crippen molar-refractivity contribution in [3.63, 3.8) is 0 Å². The van der Waals surface area contributed by atoms with Crippen molar-refractivity contribution in [2.24, 2.45) is 4.99 Å². The zero-order valence-corrected chi connectivity index (χ0v) is 21.8. The second-order valence-electron chi connectivity index (χ2n) is 6.89. The number of methoxy groups -OCH3 is 1. The van der Waals surface area contributed by atoms with E-state index in [2.05, 4.69) is 27.0 Å². The number of aliphatic imine (C=N–C) groups is 1. The lowest BCUT2D eigenvalue weighted by Crippen LogP contribution is -2.41. The van der Waals surface area contributed by atoms with Gasteiger partial charge in [0, 0.05) is 52.4 Å². The molecule has 0 aliphatic carbocycles. The van der Waals surface area contributed by atoms with E-state index in [4.69, 9.17) is 21.1 Å². The quantitative estimate of drug-likeness (QED) is 0.165. The summed E-state index contributed by atoms with van der Waals surface area (Å²) in [4.78, 5) is 16.4. The van der Waals surface area contributed by atoms with Crippen molar-refractivity contribution in [2.45, 2.75) is 19.9 Å². The molecule has 0 fully saturated rings. The number of rotatable bonds is 11. The Morgan fingerprint density at radius 1 is 1.06 bits per heavy atom. The highest BCUT2D eigenvalue weighted by atomic mass is 127. The van der Waals surface area contributed by atoms with Crippen LogP contribution in [0, 0.1) is 6.92 Å². The van der Waals surface area contributed by atoms with Gasteiger partial charge in [0.15, 0.2) is 5.96 Å². The van der Waals surface area contributed by atoms with E-state index in [0.29, 0.717) is 49.4 Å². The van der Waals surface area contributed by atoms with E-state index in [0.717, 1.165) is 23.3 Å². The van der Waals surface area contributed by atoms with Gasteiger partial charge in [0.25, 0.3) is 5.91 Å². The number of nitrogens with zero attached hydrogens (tertiary/aromatic N) is 1. The van der Waals surface area contributed by atoms with Crippen molar-refractivity contribution < 1.29 is 14.3 Å². The summed E-state index contributed by atoms with van der Waals surface area (Å²) >= 11 is 6.05. The molecule has 0 aliphatic rings. The summed E-state index contributed by atoms with van der Waals surface area (Å²) in [7, 11) is 3.39. The maximum Gasteiger partial charge on any atom is 0.252 e. The second kappa shape index (κ2) is 15.7. The summed E-state index contributed by atoms with van der Waals surface area (Å²) in [5, 5.41) is 9.74. The number of carbonyl (C=O) groups is 1. The summed E-state index contributed by atoms with van der Waals surface area (Å²) in [6.45, 7) is 4.82. The molecule has 0 unspecified atom stereocenters. The van der Waals surface area contributed by atoms with Crippen molar-refractivity contribution in [1.82, 2.24) is 16.0 Å². The van der Waals surface area contributed by atoms with E-state index >= 15 is 0 Å². The number of hydrogen-bond donors (Lipinski definition) is 3. The van der Waals surface area contributed by atoms with Crippen molar-refractivity contribution in [3.05, 3.63) is 64.2 Å². The minimum Gasteiger partial charge on any atom is -0.493 e. The first-order valence-corrected chi connectivity index (χ1v) is 10.6. The number of hydrogen-bond acceptors (Lipinski definition) is 4. The molecule has 32 heavy (non-hydrogen) atoms. The number of carbonyl (C=O) groups excluding carboxylic acids is 1. The van der Waals surface area contributed by atoms with Gasteiger partial charge in [0.2, 0.25) is 0 Å². The Hall–Kier alpha value is -2.04. The van der Waals surface area contributed by atoms with Crippen LogP contribution in [0.25, 0.3) is 0 Å². The standard InChI is InChI=1S/C23H31ClN4O3.HI/c1-17-9-10-18(21(15-17)31-14-6-13-30-3)16-28-23(25-2)27-12-11-26-22(29)19-7-4-5-8-20(19)24;/h4-5,7-10,15H,6,11-14,16H2,1-3H3,(H,26,29)(H2,25,27,28);1H. The van der Waals surface area contributed by atoms with Crippen LogP contribution in [-0.2, 0) is 11.3 Å². The summed E-state index contributed by atoms with van der Waals surface area (Å²) in [6.07, 6.45) is 0.834. The molecule has 2 rings (SSSR count). The lowest BCUT2D eigenvalue weighted by molar-refractivity contribution is 0.0954. The molecule has 9 heteroatoms. The minimum atomic E-state index is -0.203. The molecule has 2 aromatic carbocycles. The van der Waals surface area contributed by atoms with Gasteiger partial charge in [-0.05, 0) is 30.7 Å². The second-order valence-corrected chi connectivity index (χ2v) is 7.30. The van der Waals surface area contributed by atoms with Crippen LogP contribution in [0.15, 0.2) is 47.5 Å². The number of benzene rings is 2. The number of halogens is 2. The number of ether oxygens (including phenoxy) is 2. The molecule has 7 nitrogen and oxygen atoms in total. The zero-order valence-electron chi connectivity index (χ0n) is 18.7. The van der Waals surface area contributed by atoms with Crippen LogP contribution in [0.4, 0.5) is 0 Å². The third kappa shape index (κ3) is 9.62. The molecule has 0 radical (unpaired) electrons. The Bertz CT molecular complexity index is 880. The Morgan fingerprint density at radius 2 is 1.81 bits per heavy atom. The largest absolute Gasteiger partial charge is 0.493 e. The van der Waals surface area contributed by atoms with Crippen LogP contribution in [0.1, 0.15) is 27.9 Å². The molecular formula is C23H32ClIN4O3. The summed E-state index contributed by atoms with van der Waals surface area (Å²) < 4.78 is 11.0. The fraction of sp³-hybridized carbons (Fsp3) is 0.391. The minimum absolute atomic E-state index is 0. The highest BCUT2D eigenvalue weighted by Crippen LogP contribution is 2.20. The topological polar surface area (TPSA) is 84.0 Å². The van der Waals surface area contributed by atoms with Crippen LogP contribution in [0.5, 0.6) is 5.75 Å². The van der Waals surface area contributed by atoms with Crippen LogP contribution in [-0.4, -0.2) is 52.3 Å². The maximum atomic E-state index is 12.2. The van der Waals surface area contributed by atoms with Gasteiger partial charge in [-0.3, -0.25) is 9.79 Å². The van der Waals surface area contributed by atoms with Gasteiger partial charge >= 0.3 is 0 Å². The Labute approximate surface area is 212 Å². The lowest BCUT2D eigenvalue weighted by Gasteiger charge is -2.16. The van der Waals surface area contributed by atoms with Crippen LogP contribution < -0.4 is 20.7 Å². The van der Waals surface area contributed by atoms with Gasteiger partial charge in [-0.1, -0.05) is 35.9 Å².